The van der Waals surface area contributed by atoms with E-state index in [9.17, 15) is 4.79 Å². The summed E-state index contributed by atoms with van der Waals surface area (Å²) in [6.07, 6.45) is 2.91. The molecule has 25 heavy (non-hydrogen) atoms. The molecule has 0 spiro atoms. The first-order chi connectivity index (χ1) is 12.2. The van der Waals surface area contributed by atoms with Crippen LogP contribution in [0.5, 0.6) is 0 Å². The largest absolute Gasteiger partial charge is 0.352 e. The molecule has 0 atom stereocenters. The van der Waals surface area contributed by atoms with Crippen LogP contribution >= 0.6 is 0 Å². The van der Waals surface area contributed by atoms with Gasteiger partial charge >= 0.3 is 0 Å². The average molecular weight is 336 g/mol. The summed E-state index contributed by atoms with van der Waals surface area (Å²) >= 11 is 0. The number of hydrogen-bond donors (Lipinski definition) is 1. The maximum atomic E-state index is 12.7. The van der Waals surface area contributed by atoms with Crippen LogP contribution in [0.15, 0.2) is 60.7 Å². The highest BCUT2D eigenvalue weighted by Crippen LogP contribution is 2.18. The predicted octanol–water partition coefficient (Wildman–Crippen LogP) is 4.08. The number of rotatable bonds is 9. The van der Waals surface area contributed by atoms with E-state index in [-0.39, 0.29) is 5.91 Å². The maximum absolute atomic E-state index is 12.7. The van der Waals surface area contributed by atoms with Crippen LogP contribution in [0.4, 0.5) is 0 Å². The second kappa shape index (κ2) is 10.5. The summed E-state index contributed by atoms with van der Waals surface area (Å²) in [6.45, 7) is 8.13. The van der Waals surface area contributed by atoms with Gasteiger partial charge in [-0.2, -0.15) is 0 Å². The molecule has 0 saturated carbocycles. The fourth-order valence-corrected chi connectivity index (χ4v) is 2.75. The third kappa shape index (κ3) is 6.20. The van der Waals surface area contributed by atoms with Crippen molar-refractivity contribution in [3.63, 3.8) is 0 Å². The van der Waals surface area contributed by atoms with E-state index in [2.05, 4.69) is 24.1 Å². The molecule has 2 aromatic rings. The Kier molecular flexibility index (Phi) is 7.93. The smallest absolute Gasteiger partial charge is 0.251 e. The summed E-state index contributed by atoms with van der Waals surface area (Å²) in [7, 11) is 0. The predicted molar refractivity (Wildman–Crippen MR) is 106 cm³/mol. The van der Waals surface area contributed by atoms with Gasteiger partial charge in [0.25, 0.3) is 5.91 Å². The Hall–Kier alpha value is -2.39. The summed E-state index contributed by atoms with van der Waals surface area (Å²) < 4.78 is 0. The van der Waals surface area contributed by atoms with Crippen molar-refractivity contribution >= 4 is 17.6 Å². The third-order valence-corrected chi connectivity index (χ3v) is 4.27. The van der Waals surface area contributed by atoms with Gasteiger partial charge in [0.05, 0.1) is 0 Å². The number of nitrogens with one attached hydrogen (secondary N) is 1. The summed E-state index contributed by atoms with van der Waals surface area (Å²) in [4.78, 5) is 15.1. The molecule has 1 N–H and O–H groups in total. The van der Waals surface area contributed by atoms with E-state index >= 15 is 0 Å². The van der Waals surface area contributed by atoms with E-state index in [0.717, 1.165) is 37.2 Å². The molecule has 0 aliphatic carbocycles. The van der Waals surface area contributed by atoms with Crippen LogP contribution in [0, 0.1) is 0 Å². The van der Waals surface area contributed by atoms with Gasteiger partial charge in [-0.15, -0.1) is 0 Å². The van der Waals surface area contributed by atoms with Crippen LogP contribution < -0.4 is 5.32 Å². The van der Waals surface area contributed by atoms with E-state index in [1.807, 2.05) is 66.7 Å². The molecule has 0 aliphatic heterocycles. The lowest BCUT2D eigenvalue weighted by Crippen LogP contribution is -2.30. The lowest BCUT2D eigenvalue weighted by atomic mass is 10.0. The van der Waals surface area contributed by atoms with Gasteiger partial charge in [0.1, 0.15) is 0 Å². The minimum Gasteiger partial charge on any atom is -0.352 e. The summed E-state index contributed by atoms with van der Waals surface area (Å²) in [5, 5.41) is 3.07. The van der Waals surface area contributed by atoms with Crippen molar-refractivity contribution in [3.05, 3.63) is 71.8 Å². The summed E-state index contributed by atoms with van der Waals surface area (Å²) in [6, 6.07) is 19.8. The van der Waals surface area contributed by atoms with Crippen LogP contribution in [0.3, 0.4) is 0 Å². The van der Waals surface area contributed by atoms with Crippen LogP contribution in [0.1, 0.15) is 31.4 Å². The van der Waals surface area contributed by atoms with Gasteiger partial charge in [-0.25, -0.2) is 0 Å². The standard InChI is InChI=1S/C22H28N2O/c1-3-24(4-2)17-11-16-23-22(25)21(20-14-9-6-10-15-20)18-19-12-7-5-8-13-19/h5-10,12-15,18H,3-4,11,16-17H2,1-2H3,(H,23,25)/b21-18-. The molecule has 2 rings (SSSR count). The topological polar surface area (TPSA) is 32.3 Å². The van der Waals surface area contributed by atoms with Gasteiger partial charge in [0, 0.05) is 12.1 Å². The lowest BCUT2D eigenvalue weighted by Gasteiger charge is -2.18. The van der Waals surface area contributed by atoms with Crippen molar-refractivity contribution in [2.75, 3.05) is 26.2 Å². The van der Waals surface area contributed by atoms with Crippen molar-refractivity contribution < 1.29 is 4.79 Å². The van der Waals surface area contributed by atoms with E-state index in [4.69, 9.17) is 0 Å². The molecule has 0 radical (unpaired) electrons. The van der Waals surface area contributed by atoms with Crippen molar-refractivity contribution in [2.24, 2.45) is 0 Å². The Morgan fingerprint density at radius 2 is 1.56 bits per heavy atom. The van der Waals surface area contributed by atoms with Gasteiger partial charge in [-0.1, -0.05) is 74.5 Å². The molecule has 3 nitrogen and oxygen atoms in total. The molecule has 0 unspecified atom stereocenters. The molecule has 0 aliphatic rings. The molecule has 0 bridgehead atoms. The van der Waals surface area contributed by atoms with Crippen LogP contribution in [0.2, 0.25) is 0 Å². The first-order valence-electron chi connectivity index (χ1n) is 9.07. The summed E-state index contributed by atoms with van der Waals surface area (Å²) in [5.41, 5.74) is 2.67. The zero-order valence-corrected chi connectivity index (χ0v) is 15.2. The first-order valence-corrected chi connectivity index (χ1v) is 9.07. The Morgan fingerprint density at radius 3 is 2.16 bits per heavy atom. The van der Waals surface area contributed by atoms with Gasteiger partial charge in [0.15, 0.2) is 0 Å². The van der Waals surface area contributed by atoms with Crippen molar-refractivity contribution in [3.8, 4) is 0 Å². The number of nitrogens with zero attached hydrogens (tertiary/aromatic N) is 1. The zero-order chi connectivity index (χ0) is 17.9. The Morgan fingerprint density at radius 1 is 0.960 bits per heavy atom. The number of carbonyl (C=O) groups is 1. The van der Waals surface area contributed by atoms with E-state index in [0.29, 0.717) is 12.1 Å². The van der Waals surface area contributed by atoms with Gasteiger partial charge in [0.2, 0.25) is 0 Å². The van der Waals surface area contributed by atoms with Crippen molar-refractivity contribution in [1.29, 1.82) is 0 Å². The van der Waals surface area contributed by atoms with Crippen LogP contribution in [0.25, 0.3) is 11.6 Å². The second-order valence-corrected chi connectivity index (χ2v) is 5.97. The first kappa shape index (κ1) is 18.9. The fraction of sp³-hybridized carbons (Fsp3) is 0.318. The van der Waals surface area contributed by atoms with E-state index < -0.39 is 0 Å². The molecular formula is C22H28N2O. The normalized spacial score (nSPS) is 11.6. The van der Waals surface area contributed by atoms with E-state index in [1.54, 1.807) is 0 Å². The third-order valence-electron chi connectivity index (χ3n) is 4.27. The number of benzene rings is 2. The molecule has 0 aromatic heterocycles. The lowest BCUT2D eigenvalue weighted by molar-refractivity contribution is -0.115. The molecule has 0 fully saturated rings. The Labute approximate surface area is 151 Å². The van der Waals surface area contributed by atoms with Gasteiger partial charge in [-0.05, 0) is 43.3 Å². The van der Waals surface area contributed by atoms with Crippen LogP contribution in [-0.4, -0.2) is 37.0 Å². The molecule has 0 heterocycles. The average Bonchev–Trinajstić information content (AvgIpc) is 2.67. The molecule has 0 saturated heterocycles. The molecule has 1 amide bonds. The fourth-order valence-electron chi connectivity index (χ4n) is 2.75. The molecule has 3 heteroatoms. The van der Waals surface area contributed by atoms with Crippen molar-refractivity contribution in [1.82, 2.24) is 10.2 Å². The number of hydrogen-bond acceptors (Lipinski definition) is 2. The highest BCUT2D eigenvalue weighted by Gasteiger charge is 2.11. The Bertz CT molecular complexity index is 661. The van der Waals surface area contributed by atoms with E-state index in [1.165, 1.54) is 0 Å². The zero-order valence-electron chi connectivity index (χ0n) is 15.2. The quantitative estimate of drug-likeness (QED) is 0.425. The monoisotopic (exact) mass is 336 g/mol. The Balaban J connectivity index is 2.05. The van der Waals surface area contributed by atoms with Crippen molar-refractivity contribution in [2.45, 2.75) is 20.3 Å². The highest BCUT2D eigenvalue weighted by atomic mass is 16.1. The summed E-state index contributed by atoms with van der Waals surface area (Å²) in [5.74, 6) is -0.0189. The number of amides is 1. The SMILES string of the molecule is CCN(CC)CCCNC(=O)/C(=C\c1ccccc1)c1ccccc1. The van der Waals surface area contributed by atoms with Gasteiger partial charge in [-0.3, -0.25) is 4.79 Å². The molecular weight excluding hydrogens is 308 g/mol. The number of carbonyl (C=O) groups excluding carboxylic acids is 1. The van der Waals surface area contributed by atoms with Crippen LogP contribution in [-0.2, 0) is 4.79 Å². The maximum Gasteiger partial charge on any atom is 0.251 e. The van der Waals surface area contributed by atoms with Gasteiger partial charge < -0.3 is 10.2 Å². The minimum atomic E-state index is -0.0189. The molecule has 132 valence electrons. The molecule has 2 aromatic carbocycles. The minimum absolute atomic E-state index is 0.0189. The second-order valence-electron chi connectivity index (χ2n) is 5.97. The highest BCUT2D eigenvalue weighted by molar-refractivity contribution is 6.24.